The largest absolute Gasteiger partial charge is 0.353 e. The number of hydrogen-bond acceptors (Lipinski definition) is 4. The van der Waals surface area contributed by atoms with Gasteiger partial charge in [0.2, 0.25) is 0 Å². The second-order valence-corrected chi connectivity index (χ2v) is 6.82. The molecular weight excluding hydrogens is 312 g/mol. The predicted octanol–water partition coefficient (Wildman–Crippen LogP) is 2.32. The summed E-state index contributed by atoms with van der Waals surface area (Å²) in [6, 6.07) is 6.40. The lowest BCUT2D eigenvalue weighted by Gasteiger charge is -2.26. The molecule has 4 nitrogen and oxygen atoms in total. The Labute approximate surface area is 119 Å². The Hall–Kier alpha value is -0.850. The van der Waals surface area contributed by atoms with E-state index < -0.39 is 0 Å². The molecule has 2 aromatic rings. The van der Waals surface area contributed by atoms with Crippen LogP contribution in [-0.2, 0) is 7.05 Å². The van der Waals surface area contributed by atoms with E-state index in [4.69, 9.17) is 0 Å². The van der Waals surface area contributed by atoms with Gasteiger partial charge in [-0.25, -0.2) is 0 Å². The monoisotopic (exact) mass is 326 g/mol. The zero-order chi connectivity index (χ0) is 12.5. The molecule has 0 atom stereocenters. The van der Waals surface area contributed by atoms with E-state index >= 15 is 0 Å². The molecule has 0 aromatic carbocycles. The van der Waals surface area contributed by atoms with Gasteiger partial charge in [-0.3, -0.25) is 4.68 Å². The first-order valence-corrected chi connectivity index (χ1v) is 7.60. The highest BCUT2D eigenvalue weighted by Gasteiger charge is 2.16. The van der Waals surface area contributed by atoms with E-state index in [2.05, 4.69) is 49.4 Å². The highest BCUT2D eigenvalue weighted by atomic mass is 79.9. The normalized spacial score (nSPS) is 16.2. The van der Waals surface area contributed by atoms with Crippen LogP contribution in [0.5, 0.6) is 0 Å². The molecule has 3 rings (SSSR count). The van der Waals surface area contributed by atoms with Crippen LogP contribution in [-0.4, -0.2) is 36.0 Å². The maximum Gasteiger partial charge on any atom is 0.151 e. The maximum absolute atomic E-state index is 4.63. The van der Waals surface area contributed by atoms with Crippen molar-refractivity contribution in [1.82, 2.24) is 15.1 Å². The summed E-state index contributed by atoms with van der Waals surface area (Å²) in [4.78, 5) is 3.58. The van der Waals surface area contributed by atoms with Gasteiger partial charge in [0.05, 0.1) is 14.4 Å². The summed E-state index contributed by atoms with van der Waals surface area (Å²) in [6.45, 7) is 4.14. The van der Waals surface area contributed by atoms with Crippen LogP contribution in [0.4, 0.5) is 5.82 Å². The number of aryl methyl sites for hydroxylation is 1. The number of aromatic nitrogens is 2. The lowest BCUT2D eigenvalue weighted by molar-refractivity contribution is 0.581. The minimum Gasteiger partial charge on any atom is -0.353 e. The van der Waals surface area contributed by atoms with E-state index in [-0.39, 0.29) is 0 Å². The van der Waals surface area contributed by atoms with E-state index in [0.29, 0.717) is 0 Å². The number of thiophene rings is 1. The van der Waals surface area contributed by atoms with Crippen molar-refractivity contribution in [3.05, 3.63) is 22.0 Å². The number of halogens is 1. The van der Waals surface area contributed by atoms with Crippen molar-refractivity contribution in [2.45, 2.75) is 0 Å². The van der Waals surface area contributed by atoms with E-state index in [1.807, 2.05) is 11.7 Å². The van der Waals surface area contributed by atoms with Crippen molar-refractivity contribution in [3.63, 3.8) is 0 Å². The Morgan fingerprint density at radius 2 is 2.11 bits per heavy atom. The van der Waals surface area contributed by atoms with E-state index in [1.54, 1.807) is 11.3 Å². The van der Waals surface area contributed by atoms with Crippen LogP contribution in [0.25, 0.3) is 10.6 Å². The van der Waals surface area contributed by atoms with Gasteiger partial charge in [-0.1, -0.05) is 0 Å². The summed E-state index contributed by atoms with van der Waals surface area (Å²) in [5.41, 5.74) is 1.18. The van der Waals surface area contributed by atoms with Gasteiger partial charge in [0, 0.05) is 39.3 Å². The van der Waals surface area contributed by atoms with Gasteiger partial charge in [-0.2, -0.15) is 5.10 Å². The van der Waals surface area contributed by atoms with Gasteiger partial charge in [0.25, 0.3) is 0 Å². The predicted molar refractivity (Wildman–Crippen MR) is 79.3 cm³/mol. The average molecular weight is 327 g/mol. The molecule has 0 radical (unpaired) electrons. The van der Waals surface area contributed by atoms with Crippen LogP contribution in [0.1, 0.15) is 0 Å². The summed E-state index contributed by atoms with van der Waals surface area (Å²) < 4.78 is 3.12. The highest BCUT2D eigenvalue weighted by molar-refractivity contribution is 9.11. The molecule has 1 aliphatic heterocycles. The van der Waals surface area contributed by atoms with Crippen LogP contribution in [0.15, 0.2) is 22.0 Å². The Kier molecular flexibility index (Phi) is 3.41. The van der Waals surface area contributed by atoms with Crippen LogP contribution < -0.4 is 10.2 Å². The second-order valence-electron chi connectivity index (χ2n) is 4.35. The Morgan fingerprint density at radius 3 is 2.78 bits per heavy atom. The first-order valence-electron chi connectivity index (χ1n) is 5.99. The number of piperazine rings is 1. The lowest BCUT2D eigenvalue weighted by atomic mass is 10.3. The first kappa shape index (κ1) is 12.2. The summed E-state index contributed by atoms with van der Waals surface area (Å²) in [6.07, 6.45) is 0. The molecule has 1 fully saturated rings. The lowest BCUT2D eigenvalue weighted by Crippen LogP contribution is -2.43. The molecule has 1 N–H and O–H groups in total. The highest BCUT2D eigenvalue weighted by Crippen LogP contribution is 2.32. The third kappa shape index (κ3) is 2.32. The van der Waals surface area contributed by atoms with E-state index in [9.17, 15) is 0 Å². The topological polar surface area (TPSA) is 33.1 Å². The molecule has 0 spiro atoms. The van der Waals surface area contributed by atoms with Gasteiger partial charge in [0.1, 0.15) is 0 Å². The number of nitrogens with one attached hydrogen (secondary N) is 1. The smallest absolute Gasteiger partial charge is 0.151 e. The second kappa shape index (κ2) is 5.03. The number of rotatable bonds is 2. The van der Waals surface area contributed by atoms with Gasteiger partial charge >= 0.3 is 0 Å². The van der Waals surface area contributed by atoms with Crippen molar-refractivity contribution in [1.29, 1.82) is 0 Å². The Morgan fingerprint density at radius 1 is 1.33 bits per heavy atom. The minimum absolute atomic E-state index is 1.03. The fourth-order valence-electron chi connectivity index (χ4n) is 2.18. The number of hydrogen-bond donors (Lipinski definition) is 1. The summed E-state index contributed by atoms with van der Waals surface area (Å²) in [7, 11) is 2.01. The standard InChI is InChI=1S/C12H15BrN4S/c1-16-9(10-2-3-11(13)18-10)8-12(15-16)17-6-4-14-5-7-17/h2-3,8,14H,4-7H2,1H3. The molecule has 18 heavy (non-hydrogen) atoms. The fraction of sp³-hybridized carbons (Fsp3) is 0.417. The molecule has 0 bridgehead atoms. The zero-order valence-corrected chi connectivity index (χ0v) is 12.6. The minimum atomic E-state index is 1.03. The Bertz CT molecular complexity index is 542. The number of anilines is 1. The summed E-state index contributed by atoms with van der Waals surface area (Å²) in [5, 5.41) is 7.99. The van der Waals surface area contributed by atoms with Crippen LogP contribution in [0, 0.1) is 0 Å². The third-order valence-corrected chi connectivity index (χ3v) is 4.78. The quantitative estimate of drug-likeness (QED) is 0.919. The molecule has 0 amide bonds. The first-order chi connectivity index (χ1) is 8.74. The summed E-state index contributed by atoms with van der Waals surface area (Å²) >= 11 is 5.25. The van der Waals surface area contributed by atoms with Gasteiger partial charge in [0.15, 0.2) is 5.82 Å². The van der Waals surface area contributed by atoms with Crippen LogP contribution >= 0.6 is 27.3 Å². The molecule has 96 valence electrons. The van der Waals surface area contributed by atoms with Crippen molar-refractivity contribution in [2.75, 3.05) is 31.1 Å². The van der Waals surface area contributed by atoms with Crippen molar-refractivity contribution < 1.29 is 0 Å². The number of nitrogens with zero attached hydrogens (tertiary/aromatic N) is 3. The third-order valence-electron chi connectivity index (χ3n) is 3.13. The molecule has 2 aromatic heterocycles. The Balaban J connectivity index is 1.90. The average Bonchev–Trinajstić information content (AvgIpc) is 2.97. The van der Waals surface area contributed by atoms with Gasteiger partial charge in [-0.05, 0) is 28.1 Å². The van der Waals surface area contributed by atoms with E-state index in [1.165, 1.54) is 10.6 Å². The zero-order valence-electron chi connectivity index (χ0n) is 10.2. The van der Waals surface area contributed by atoms with Crippen LogP contribution in [0.2, 0.25) is 0 Å². The summed E-state index contributed by atoms with van der Waals surface area (Å²) in [5.74, 6) is 1.08. The maximum atomic E-state index is 4.63. The fourth-order valence-corrected chi connectivity index (χ4v) is 3.62. The SMILES string of the molecule is Cn1nc(N2CCNCC2)cc1-c1ccc(Br)s1. The molecule has 0 unspecified atom stereocenters. The van der Waals surface area contributed by atoms with Gasteiger partial charge < -0.3 is 10.2 Å². The van der Waals surface area contributed by atoms with E-state index in [0.717, 1.165) is 35.8 Å². The molecule has 6 heteroatoms. The van der Waals surface area contributed by atoms with Gasteiger partial charge in [-0.15, -0.1) is 11.3 Å². The molecule has 0 saturated carbocycles. The molecular formula is C12H15BrN4S. The molecule has 1 saturated heterocycles. The molecule has 3 heterocycles. The van der Waals surface area contributed by atoms with Crippen molar-refractivity contribution >= 4 is 33.1 Å². The molecule has 1 aliphatic rings. The van der Waals surface area contributed by atoms with Crippen LogP contribution in [0.3, 0.4) is 0 Å². The van der Waals surface area contributed by atoms with Crippen molar-refractivity contribution in [2.24, 2.45) is 7.05 Å². The molecule has 0 aliphatic carbocycles. The van der Waals surface area contributed by atoms with Crippen molar-refractivity contribution in [3.8, 4) is 10.6 Å².